The fourth-order valence-electron chi connectivity index (χ4n) is 3.99. The van der Waals surface area contributed by atoms with E-state index in [4.69, 9.17) is 4.74 Å². The van der Waals surface area contributed by atoms with E-state index in [1.807, 2.05) is 45.0 Å². The molecule has 3 rings (SSSR count). The van der Waals surface area contributed by atoms with E-state index in [0.717, 1.165) is 15.4 Å². The van der Waals surface area contributed by atoms with Gasteiger partial charge in [-0.3, -0.25) is 13.9 Å². The van der Waals surface area contributed by atoms with Crippen LogP contribution in [0.5, 0.6) is 5.75 Å². The van der Waals surface area contributed by atoms with E-state index >= 15 is 0 Å². The van der Waals surface area contributed by atoms with Crippen LogP contribution in [0, 0.1) is 6.92 Å². The topological polar surface area (TPSA) is 96.0 Å². The first-order valence-corrected chi connectivity index (χ1v) is 13.8. The summed E-state index contributed by atoms with van der Waals surface area (Å²) in [7, 11) is -2.62. The van der Waals surface area contributed by atoms with Crippen molar-refractivity contribution in [1.29, 1.82) is 0 Å². The first kappa shape index (κ1) is 28.7. The van der Waals surface area contributed by atoms with Gasteiger partial charge >= 0.3 is 0 Å². The number of sulfonamides is 1. The average molecular weight is 538 g/mol. The highest BCUT2D eigenvalue weighted by Gasteiger charge is 2.32. The molecule has 1 N–H and O–H groups in total. The third kappa shape index (κ3) is 7.13. The molecule has 0 unspecified atom stereocenters. The molecule has 0 heterocycles. The van der Waals surface area contributed by atoms with Gasteiger partial charge in [0.2, 0.25) is 11.8 Å². The van der Waals surface area contributed by atoms with Gasteiger partial charge in [0.15, 0.2) is 0 Å². The van der Waals surface area contributed by atoms with Gasteiger partial charge in [0.05, 0.1) is 17.7 Å². The average Bonchev–Trinajstić information content (AvgIpc) is 2.90. The van der Waals surface area contributed by atoms with Gasteiger partial charge in [-0.05, 0) is 69.7 Å². The number of benzene rings is 3. The molecule has 2 amide bonds. The zero-order valence-corrected chi connectivity index (χ0v) is 23.2. The minimum atomic E-state index is -4.12. The lowest BCUT2D eigenvalue weighted by atomic mass is 10.1. The fraction of sp³-hybridized carbons (Fsp3) is 0.310. The van der Waals surface area contributed by atoms with Crippen LogP contribution in [0.15, 0.2) is 83.8 Å². The Labute approximate surface area is 225 Å². The van der Waals surface area contributed by atoms with Crippen LogP contribution >= 0.6 is 0 Å². The highest BCUT2D eigenvalue weighted by atomic mass is 32.2. The van der Waals surface area contributed by atoms with Crippen LogP contribution in [-0.2, 0) is 26.2 Å². The monoisotopic (exact) mass is 537 g/mol. The van der Waals surface area contributed by atoms with Crippen molar-refractivity contribution in [1.82, 2.24) is 10.2 Å². The number of rotatable bonds is 11. The molecule has 0 aliphatic rings. The quantitative estimate of drug-likeness (QED) is 0.397. The number of hydrogen-bond donors (Lipinski definition) is 1. The Hall–Kier alpha value is -3.85. The van der Waals surface area contributed by atoms with E-state index < -0.39 is 28.5 Å². The lowest BCUT2D eigenvalue weighted by Crippen LogP contribution is -2.52. The van der Waals surface area contributed by atoms with Crippen LogP contribution in [-0.4, -0.2) is 50.9 Å². The third-order valence-electron chi connectivity index (χ3n) is 6.00. The number of methoxy groups -OCH3 is 1. The Morgan fingerprint density at radius 2 is 1.58 bits per heavy atom. The van der Waals surface area contributed by atoms with Gasteiger partial charge in [-0.2, -0.15) is 0 Å². The number of hydrogen-bond acceptors (Lipinski definition) is 5. The summed E-state index contributed by atoms with van der Waals surface area (Å²) in [6, 6.07) is 21.2. The van der Waals surface area contributed by atoms with Gasteiger partial charge in [0, 0.05) is 12.6 Å². The Kier molecular flexibility index (Phi) is 9.52. The number of carbonyl (C=O) groups excluding carboxylic acids is 2. The van der Waals surface area contributed by atoms with Gasteiger partial charge < -0.3 is 15.0 Å². The minimum absolute atomic E-state index is 0.0192. The Morgan fingerprint density at radius 3 is 2.16 bits per heavy atom. The maximum absolute atomic E-state index is 13.8. The SMILES string of the molecule is COc1ccc(S(=O)(=O)N(CC(=O)N(Cc2cccc(C)c2)[C@H](C)C(=O)NC(C)C)c2ccccc2)cc1. The number of carbonyl (C=O) groups is 2. The second-order valence-electron chi connectivity index (χ2n) is 9.37. The van der Waals surface area contributed by atoms with Crippen molar-refractivity contribution in [2.45, 2.75) is 51.2 Å². The van der Waals surface area contributed by atoms with E-state index in [2.05, 4.69) is 5.32 Å². The minimum Gasteiger partial charge on any atom is -0.497 e. The van der Waals surface area contributed by atoms with E-state index in [1.165, 1.54) is 24.1 Å². The Morgan fingerprint density at radius 1 is 0.921 bits per heavy atom. The molecule has 1 atom stereocenters. The summed E-state index contributed by atoms with van der Waals surface area (Å²) in [5.74, 6) is -0.301. The second-order valence-corrected chi connectivity index (χ2v) is 11.2. The number of anilines is 1. The normalized spacial score (nSPS) is 12.1. The predicted molar refractivity (Wildman–Crippen MR) is 148 cm³/mol. The van der Waals surface area contributed by atoms with E-state index in [0.29, 0.717) is 11.4 Å². The van der Waals surface area contributed by atoms with Crippen molar-refractivity contribution in [3.63, 3.8) is 0 Å². The molecule has 0 bridgehead atoms. The maximum atomic E-state index is 13.8. The van der Waals surface area contributed by atoms with Gasteiger partial charge in [-0.25, -0.2) is 8.42 Å². The van der Waals surface area contributed by atoms with E-state index in [-0.39, 0.29) is 23.4 Å². The first-order chi connectivity index (χ1) is 18.0. The molecule has 8 nitrogen and oxygen atoms in total. The molecule has 0 spiro atoms. The molecule has 9 heteroatoms. The smallest absolute Gasteiger partial charge is 0.264 e. The van der Waals surface area contributed by atoms with Crippen LogP contribution in [0.3, 0.4) is 0 Å². The summed E-state index contributed by atoms with van der Waals surface area (Å²) in [6.45, 7) is 6.95. The first-order valence-electron chi connectivity index (χ1n) is 12.4. The van der Waals surface area contributed by atoms with Gasteiger partial charge in [-0.1, -0.05) is 48.0 Å². The molecule has 0 aliphatic heterocycles. The summed E-state index contributed by atoms with van der Waals surface area (Å²) in [6.07, 6.45) is 0. The number of ether oxygens (including phenoxy) is 1. The fourth-order valence-corrected chi connectivity index (χ4v) is 5.41. The lowest BCUT2D eigenvalue weighted by Gasteiger charge is -2.32. The molecule has 3 aromatic carbocycles. The predicted octanol–water partition coefficient (Wildman–Crippen LogP) is 4.14. The van der Waals surface area contributed by atoms with Gasteiger partial charge in [-0.15, -0.1) is 0 Å². The largest absolute Gasteiger partial charge is 0.497 e. The van der Waals surface area contributed by atoms with Crippen LogP contribution in [0.25, 0.3) is 0 Å². The Balaban J connectivity index is 2.00. The van der Waals surface area contributed by atoms with Crippen molar-refractivity contribution in [2.75, 3.05) is 18.0 Å². The summed E-state index contributed by atoms with van der Waals surface area (Å²) < 4.78 is 33.8. The zero-order valence-electron chi connectivity index (χ0n) is 22.4. The molecule has 0 radical (unpaired) electrons. The van der Waals surface area contributed by atoms with E-state index in [9.17, 15) is 18.0 Å². The molecule has 202 valence electrons. The highest BCUT2D eigenvalue weighted by Crippen LogP contribution is 2.26. The third-order valence-corrected chi connectivity index (χ3v) is 7.79. The van der Waals surface area contributed by atoms with Crippen molar-refractivity contribution in [3.05, 3.63) is 90.0 Å². The molecule has 0 saturated heterocycles. The summed E-state index contributed by atoms with van der Waals surface area (Å²) in [5.41, 5.74) is 2.19. The Bertz CT molecular complexity index is 1340. The molecule has 0 saturated carbocycles. The van der Waals surface area contributed by atoms with Crippen LogP contribution in [0.2, 0.25) is 0 Å². The highest BCUT2D eigenvalue weighted by molar-refractivity contribution is 7.92. The van der Waals surface area contributed by atoms with Crippen molar-refractivity contribution in [3.8, 4) is 5.75 Å². The molecule has 38 heavy (non-hydrogen) atoms. The van der Waals surface area contributed by atoms with Crippen LogP contribution in [0.1, 0.15) is 31.9 Å². The molecular formula is C29H35N3O5S. The lowest BCUT2D eigenvalue weighted by molar-refractivity contribution is -0.139. The zero-order chi connectivity index (χ0) is 27.9. The molecule has 0 aliphatic carbocycles. The van der Waals surface area contributed by atoms with Crippen molar-refractivity contribution < 1.29 is 22.7 Å². The van der Waals surface area contributed by atoms with Gasteiger partial charge in [0.1, 0.15) is 18.3 Å². The number of para-hydroxylation sites is 1. The summed E-state index contributed by atoms with van der Waals surface area (Å²) >= 11 is 0. The van der Waals surface area contributed by atoms with Crippen molar-refractivity contribution >= 4 is 27.5 Å². The number of aryl methyl sites for hydroxylation is 1. The number of amides is 2. The standard InChI is InChI=1S/C29H35N3O5S/c1-21(2)30-29(34)23(4)31(19-24-11-9-10-22(3)18-24)28(33)20-32(25-12-7-6-8-13-25)38(35,36)27-16-14-26(37-5)15-17-27/h6-18,21,23H,19-20H2,1-5H3,(H,30,34)/t23-/m1/s1. The van der Waals surface area contributed by atoms with Crippen LogP contribution in [0.4, 0.5) is 5.69 Å². The summed E-state index contributed by atoms with van der Waals surface area (Å²) in [4.78, 5) is 28.2. The number of nitrogens with zero attached hydrogens (tertiary/aromatic N) is 2. The van der Waals surface area contributed by atoms with Crippen molar-refractivity contribution in [2.24, 2.45) is 0 Å². The maximum Gasteiger partial charge on any atom is 0.264 e. The molecule has 3 aromatic rings. The van der Waals surface area contributed by atoms with E-state index in [1.54, 1.807) is 49.4 Å². The molecular weight excluding hydrogens is 502 g/mol. The molecule has 0 fully saturated rings. The van der Waals surface area contributed by atoms with Crippen LogP contribution < -0.4 is 14.4 Å². The number of nitrogens with one attached hydrogen (secondary N) is 1. The molecule has 0 aromatic heterocycles. The van der Waals surface area contributed by atoms with Gasteiger partial charge in [0.25, 0.3) is 10.0 Å². The summed E-state index contributed by atoms with van der Waals surface area (Å²) in [5, 5.41) is 2.85. The second kappa shape index (κ2) is 12.6.